The Morgan fingerprint density at radius 2 is 1.44 bits per heavy atom. The third-order valence-corrected chi connectivity index (χ3v) is 7.70. The number of anilines is 2. The van der Waals surface area contributed by atoms with Gasteiger partial charge in [0, 0.05) is 31.1 Å². The first-order valence-corrected chi connectivity index (χ1v) is 17.8. The van der Waals surface area contributed by atoms with Crippen LogP contribution in [0.1, 0.15) is 93.7 Å². The number of ether oxygens (including phenoxy) is 4. The average Bonchev–Trinajstić information content (AvgIpc) is 3.36. The molecule has 2 aromatic rings. The van der Waals surface area contributed by atoms with Crippen LogP contribution in [0.15, 0.2) is 36.4 Å². The molecule has 0 spiro atoms. The van der Waals surface area contributed by atoms with Gasteiger partial charge in [0.2, 0.25) is 0 Å². The van der Waals surface area contributed by atoms with Gasteiger partial charge in [-0.15, -0.1) is 0 Å². The van der Waals surface area contributed by atoms with Crippen LogP contribution >= 0.6 is 0 Å². The number of alkyl halides is 3. The Morgan fingerprint density at radius 1 is 0.870 bits per heavy atom. The van der Waals surface area contributed by atoms with Crippen molar-refractivity contribution in [1.29, 1.82) is 0 Å². The summed E-state index contributed by atoms with van der Waals surface area (Å²) in [6, 6.07) is 8.58. The second-order valence-corrected chi connectivity index (χ2v) is 16.6. The number of carbonyl (C=O) groups excluding carboxylic acids is 4. The molecule has 0 aromatic heterocycles. The Balaban J connectivity index is 2.29. The third-order valence-electron chi connectivity index (χ3n) is 7.70. The fourth-order valence-corrected chi connectivity index (χ4v) is 5.54. The first-order valence-electron chi connectivity index (χ1n) is 17.8. The molecule has 3 amide bonds. The highest BCUT2D eigenvalue weighted by Gasteiger charge is 2.48. The molecule has 0 aliphatic carbocycles. The molecule has 1 aliphatic heterocycles. The number of rotatable bonds is 11. The number of amides is 3. The lowest BCUT2D eigenvalue weighted by atomic mass is 10.1. The molecule has 1 heterocycles. The smallest absolute Gasteiger partial charge is 0.471 e. The first-order chi connectivity index (χ1) is 24.7. The van der Waals surface area contributed by atoms with E-state index in [-0.39, 0.29) is 48.2 Å². The number of esters is 1. The van der Waals surface area contributed by atoms with Crippen molar-refractivity contribution >= 4 is 35.4 Å². The second-order valence-electron chi connectivity index (χ2n) is 16.6. The second kappa shape index (κ2) is 16.8. The highest BCUT2D eigenvalue weighted by Crippen LogP contribution is 2.46. The molecule has 0 saturated carbocycles. The summed E-state index contributed by atoms with van der Waals surface area (Å²) in [6.45, 7) is 16.8. The van der Waals surface area contributed by atoms with Crippen molar-refractivity contribution in [3.63, 3.8) is 0 Å². The highest BCUT2D eigenvalue weighted by molar-refractivity contribution is 6.03. The van der Waals surface area contributed by atoms with E-state index in [0.29, 0.717) is 12.0 Å². The van der Waals surface area contributed by atoms with Crippen molar-refractivity contribution in [2.24, 2.45) is 5.92 Å². The molecule has 1 atom stereocenters. The van der Waals surface area contributed by atoms with Crippen LogP contribution in [0.5, 0.6) is 5.75 Å². The summed E-state index contributed by atoms with van der Waals surface area (Å²) in [5, 5.41) is 0. The van der Waals surface area contributed by atoms with Crippen LogP contribution in [0.25, 0.3) is 0 Å². The minimum Gasteiger partial charge on any atom is -0.487 e. The normalized spacial score (nSPS) is 14.7. The van der Waals surface area contributed by atoms with Crippen LogP contribution in [0, 0.1) is 11.7 Å². The maximum absolute atomic E-state index is 17.2. The highest BCUT2D eigenvalue weighted by atomic mass is 19.4. The minimum atomic E-state index is -5.54. The topological polar surface area (TPSA) is 115 Å². The van der Waals surface area contributed by atoms with E-state index in [4.69, 9.17) is 18.9 Å². The first kappa shape index (κ1) is 43.8. The molecular formula is C39H53F4N3O8. The van der Waals surface area contributed by atoms with E-state index in [1.807, 2.05) is 13.8 Å². The molecular weight excluding hydrogens is 714 g/mol. The average molecular weight is 768 g/mol. The zero-order valence-corrected chi connectivity index (χ0v) is 33.0. The monoisotopic (exact) mass is 767 g/mol. The number of fused-ring (bicyclic) bond motifs is 1. The Hall–Kier alpha value is -4.56. The maximum atomic E-state index is 17.2. The molecule has 15 heteroatoms. The molecule has 0 saturated heterocycles. The van der Waals surface area contributed by atoms with Crippen molar-refractivity contribution in [1.82, 2.24) is 4.90 Å². The Morgan fingerprint density at radius 3 is 1.96 bits per heavy atom. The van der Waals surface area contributed by atoms with Gasteiger partial charge in [-0.1, -0.05) is 44.2 Å². The van der Waals surface area contributed by atoms with E-state index in [9.17, 15) is 32.3 Å². The number of hydrogen-bond acceptors (Lipinski definition) is 8. The zero-order valence-electron chi connectivity index (χ0n) is 33.0. The Kier molecular flexibility index (Phi) is 13.7. The predicted molar refractivity (Wildman–Crippen MR) is 195 cm³/mol. The van der Waals surface area contributed by atoms with Gasteiger partial charge in [0.05, 0.1) is 11.7 Å². The summed E-state index contributed by atoms with van der Waals surface area (Å²) in [5.41, 5.74) is -3.83. The molecule has 2 aromatic carbocycles. The van der Waals surface area contributed by atoms with Crippen LogP contribution < -0.4 is 14.5 Å². The lowest BCUT2D eigenvalue weighted by Gasteiger charge is -2.34. The van der Waals surface area contributed by atoms with Crippen LogP contribution in [0.2, 0.25) is 0 Å². The SMILES string of the molecule is CC(C)CCN(C[C@H]1Cc2c(cc(OCc3ccccc3)c(N(CC(=O)OC(C)(C)C)C(=O)C(F)(F)F)c2F)N1C(=O)OC(C)(C)C)C(=O)OC(C)(C)C. The molecule has 0 bridgehead atoms. The number of benzene rings is 2. The van der Waals surface area contributed by atoms with Gasteiger partial charge in [-0.25, -0.2) is 14.0 Å². The van der Waals surface area contributed by atoms with Crippen molar-refractivity contribution in [3.8, 4) is 5.75 Å². The molecule has 300 valence electrons. The molecule has 0 radical (unpaired) electrons. The van der Waals surface area contributed by atoms with Gasteiger partial charge in [-0.3, -0.25) is 19.4 Å². The van der Waals surface area contributed by atoms with E-state index in [1.54, 1.807) is 71.9 Å². The molecule has 1 aliphatic rings. The van der Waals surface area contributed by atoms with Gasteiger partial charge in [-0.05, 0) is 80.2 Å². The Labute approximate surface area is 314 Å². The van der Waals surface area contributed by atoms with Gasteiger partial charge in [0.1, 0.15) is 41.4 Å². The van der Waals surface area contributed by atoms with Crippen molar-refractivity contribution in [3.05, 3.63) is 53.3 Å². The van der Waals surface area contributed by atoms with Crippen LogP contribution in [-0.4, -0.2) is 77.6 Å². The summed E-state index contributed by atoms with van der Waals surface area (Å²) in [7, 11) is 0. The van der Waals surface area contributed by atoms with E-state index in [0.717, 1.165) is 11.0 Å². The summed E-state index contributed by atoms with van der Waals surface area (Å²) in [4.78, 5) is 55.9. The van der Waals surface area contributed by atoms with E-state index >= 15 is 4.39 Å². The quantitative estimate of drug-likeness (QED) is 0.127. The molecule has 0 N–H and O–H groups in total. The van der Waals surface area contributed by atoms with Gasteiger partial charge in [-0.2, -0.15) is 13.2 Å². The van der Waals surface area contributed by atoms with Gasteiger partial charge in [0.15, 0.2) is 5.82 Å². The number of carbonyl (C=O) groups is 4. The molecule has 0 fully saturated rings. The van der Waals surface area contributed by atoms with Crippen molar-refractivity contribution in [2.45, 2.75) is 125 Å². The molecule has 11 nitrogen and oxygen atoms in total. The molecule has 3 rings (SSSR count). The summed E-state index contributed by atoms with van der Waals surface area (Å²) < 4.78 is 82.3. The summed E-state index contributed by atoms with van der Waals surface area (Å²) >= 11 is 0. The fraction of sp³-hybridized carbons (Fsp3) is 0.590. The van der Waals surface area contributed by atoms with Crippen molar-refractivity contribution < 1.29 is 55.7 Å². The Bertz CT molecular complexity index is 1660. The van der Waals surface area contributed by atoms with E-state index < -0.39 is 76.9 Å². The molecule has 54 heavy (non-hydrogen) atoms. The summed E-state index contributed by atoms with van der Waals surface area (Å²) in [6.07, 6.45) is -6.90. The van der Waals surface area contributed by atoms with E-state index in [1.165, 1.54) is 25.7 Å². The van der Waals surface area contributed by atoms with Crippen LogP contribution in [0.3, 0.4) is 0 Å². The van der Waals surface area contributed by atoms with Crippen molar-refractivity contribution in [2.75, 3.05) is 29.4 Å². The lowest BCUT2D eigenvalue weighted by Crippen LogP contribution is -2.49. The zero-order chi connectivity index (χ0) is 41.0. The predicted octanol–water partition coefficient (Wildman–Crippen LogP) is 8.59. The summed E-state index contributed by atoms with van der Waals surface area (Å²) in [5.74, 6) is -5.50. The standard InChI is InChI=1S/C39H53F4N3O8/c1-24(2)17-18-44(34(49)53-37(6,7)8)21-26-19-27-28(46(26)35(50)54-38(9,10)11)20-29(51-23-25-15-13-12-14-16-25)32(31(27)40)45(33(48)39(41,42)43)22-30(47)52-36(3,4)5/h12-16,20,24,26H,17-19,21-23H2,1-11H3/t26-/m1/s1. The van der Waals surface area contributed by atoms with Gasteiger partial charge < -0.3 is 23.8 Å². The van der Waals surface area contributed by atoms with Crippen LogP contribution in [0.4, 0.5) is 38.5 Å². The number of nitrogens with zero attached hydrogens (tertiary/aromatic N) is 3. The number of hydrogen-bond donors (Lipinski definition) is 0. The van der Waals surface area contributed by atoms with Gasteiger partial charge >= 0.3 is 30.2 Å². The van der Waals surface area contributed by atoms with E-state index in [2.05, 4.69) is 0 Å². The largest absolute Gasteiger partial charge is 0.487 e. The number of halogens is 4. The molecule has 0 unspecified atom stereocenters. The minimum absolute atomic E-state index is 0.0508. The fourth-order valence-electron chi connectivity index (χ4n) is 5.54. The third kappa shape index (κ3) is 12.5. The maximum Gasteiger partial charge on any atom is 0.471 e. The lowest BCUT2D eigenvalue weighted by molar-refractivity contribution is -0.171. The van der Waals surface area contributed by atoms with Crippen LogP contribution in [-0.2, 0) is 36.8 Å². The van der Waals surface area contributed by atoms with Gasteiger partial charge in [0.25, 0.3) is 0 Å².